The Hall–Kier alpha value is -2.45. The molecule has 0 unspecified atom stereocenters. The zero-order valence-electron chi connectivity index (χ0n) is 11.1. The first-order valence-electron chi connectivity index (χ1n) is 5.87. The Morgan fingerprint density at radius 2 is 1.95 bits per heavy atom. The Morgan fingerprint density at radius 3 is 2.57 bits per heavy atom. The summed E-state index contributed by atoms with van der Waals surface area (Å²) in [7, 11) is 0. The van der Waals surface area contributed by atoms with Crippen LogP contribution >= 0.6 is 0 Å². The van der Waals surface area contributed by atoms with Gasteiger partial charge in [-0.1, -0.05) is 0 Å². The second kappa shape index (κ2) is 5.15. The van der Waals surface area contributed by atoms with Gasteiger partial charge in [-0.25, -0.2) is 17.9 Å². The number of rotatable bonds is 4. The predicted octanol–water partition coefficient (Wildman–Crippen LogP) is 1.87. The van der Waals surface area contributed by atoms with Crippen molar-refractivity contribution >= 4 is 5.97 Å². The van der Waals surface area contributed by atoms with Gasteiger partial charge in [0.2, 0.25) is 0 Å². The number of nitrogens with zero attached hydrogens (tertiary/aromatic N) is 4. The Labute approximate surface area is 117 Å². The number of carboxylic acids is 1. The Kier molecular flexibility index (Phi) is 3.67. The molecule has 2 aromatic rings. The molecule has 0 aliphatic heterocycles. The van der Waals surface area contributed by atoms with Crippen molar-refractivity contribution in [3.63, 3.8) is 0 Å². The lowest BCUT2D eigenvalue weighted by atomic mass is 9.94. The van der Waals surface area contributed by atoms with E-state index in [1.807, 2.05) is 0 Å². The number of halogens is 3. The molecular formula is C12H11F3N4O2. The molecule has 6 nitrogen and oxygen atoms in total. The Morgan fingerprint density at radius 1 is 1.29 bits per heavy atom. The summed E-state index contributed by atoms with van der Waals surface area (Å²) in [4.78, 5) is 11.1. The summed E-state index contributed by atoms with van der Waals surface area (Å²) in [6.07, 6.45) is 0. The van der Waals surface area contributed by atoms with Crippen molar-refractivity contribution in [2.24, 2.45) is 5.41 Å². The lowest BCUT2D eigenvalue weighted by Crippen LogP contribution is -2.30. The van der Waals surface area contributed by atoms with Crippen molar-refractivity contribution in [1.29, 1.82) is 0 Å². The number of carboxylic acid groups (broad SMARTS) is 1. The van der Waals surface area contributed by atoms with Crippen molar-refractivity contribution in [2.45, 2.75) is 20.4 Å². The molecule has 1 aromatic carbocycles. The van der Waals surface area contributed by atoms with Gasteiger partial charge in [0, 0.05) is 0 Å². The quantitative estimate of drug-likeness (QED) is 0.872. The van der Waals surface area contributed by atoms with E-state index in [0.29, 0.717) is 0 Å². The number of benzene rings is 1. The minimum absolute atomic E-state index is 0.164. The van der Waals surface area contributed by atoms with Crippen LogP contribution in [0.5, 0.6) is 0 Å². The number of carbonyl (C=O) groups is 1. The van der Waals surface area contributed by atoms with Gasteiger partial charge in [-0.3, -0.25) is 4.79 Å². The van der Waals surface area contributed by atoms with Crippen LogP contribution in [0.3, 0.4) is 0 Å². The summed E-state index contributed by atoms with van der Waals surface area (Å²) in [5.74, 6) is -5.68. The molecule has 0 radical (unpaired) electrons. The molecule has 0 saturated carbocycles. The van der Waals surface area contributed by atoms with Gasteiger partial charge in [0.1, 0.15) is 0 Å². The van der Waals surface area contributed by atoms with E-state index >= 15 is 0 Å². The third-order valence-corrected chi connectivity index (χ3v) is 2.93. The van der Waals surface area contributed by atoms with Crippen LogP contribution in [0.2, 0.25) is 0 Å². The molecule has 2 rings (SSSR count). The number of hydrogen-bond donors (Lipinski definition) is 1. The molecule has 0 spiro atoms. The van der Waals surface area contributed by atoms with Crippen LogP contribution in [0.15, 0.2) is 12.1 Å². The van der Waals surface area contributed by atoms with Gasteiger partial charge in [0.25, 0.3) is 0 Å². The molecule has 0 amide bonds. The fourth-order valence-corrected chi connectivity index (χ4v) is 1.64. The van der Waals surface area contributed by atoms with Crippen molar-refractivity contribution < 1.29 is 23.1 Å². The zero-order chi connectivity index (χ0) is 15.8. The van der Waals surface area contributed by atoms with Crippen LogP contribution in [0.25, 0.3) is 11.4 Å². The molecule has 1 heterocycles. The van der Waals surface area contributed by atoms with Crippen LogP contribution in [-0.4, -0.2) is 31.3 Å². The van der Waals surface area contributed by atoms with E-state index in [-0.39, 0.29) is 17.9 Å². The summed E-state index contributed by atoms with van der Waals surface area (Å²) >= 11 is 0. The highest BCUT2D eigenvalue weighted by Gasteiger charge is 2.30. The summed E-state index contributed by atoms with van der Waals surface area (Å²) in [6.45, 7) is 2.70. The topological polar surface area (TPSA) is 80.9 Å². The van der Waals surface area contributed by atoms with Gasteiger partial charge in [0.05, 0.1) is 17.5 Å². The minimum Gasteiger partial charge on any atom is -0.481 e. The molecule has 0 aliphatic carbocycles. The average Bonchev–Trinajstić information content (AvgIpc) is 2.83. The van der Waals surface area contributed by atoms with E-state index < -0.39 is 28.8 Å². The summed E-state index contributed by atoms with van der Waals surface area (Å²) in [6, 6.07) is 1.73. The molecule has 0 fully saturated rings. The van der Waals surface area contributed by atoms with Crippen molar-refractivity contribution in [3.05, 3.63) is 29.6 Å². The molecule has 0 atom stereocenters. The average molecular weight is 300 g/mol. The van der Waals surface area contributed by atoms with Crippen LogP contribution in [0.4, 0.5) is 13.2 Å². The Bertz CT molecular complexity index is 700. The van der Waals surface area contributed by atoms with Crippen LogP contribution in [0.1, 0.15) is 13.8 Å². The fraction of sp³-hybridized carbons (Fsp3) is 0.333. The molecule has 1 N–H and O–H groups in total. The second-order valence-corrected chi connectivity index (χ2v) is 5.07. The monoisotopic (exact) mass is 300 g/mol. The van der Waals surface area contributed by atoms with Gasteiger partial charge in [-0.05, 0) is 36.4 Å². The zero-order valence-corrected chi connectivity index (χ0v) is 11.1. The summed E-state index contributed by atoms with van der Waals surface area (Å²) in [5, 5.41) is 19.5. The van der Waals surface area contributed by atoms with Gasteiger partial charge >= 0.3 is 5.97 Å². The minimum atomic E-state index is -1.64. The number of hydrogen-bond acceptors (Lipinski definition) is 4. The predicted molar refractivity (Wildman–Crippen MR) is 64.5 cm³/mol. The SMILES string of the molecule is CC(C)(Cn1nnnc1-c1ccc(F)c(F)c1F)C(=O)O. The van der Waals surface area contributed by atoms with Crippen LogP contribution in [-0.2, 0) is 11.3 Å². The van der Waals surface area contributed by atoms with E-state index in [2.05, 4.69) is 15.5 Å². The summed E-state index contributed by atoms with van der Waals surface area (Å²) in [5.41, 5.74) is -1.57. The lowest BCUT2D eigenvalue weighted by molar-refractivity contribution is -0.147. The smallest absolute Gasteiger partial charge is 0.310 e. The first-order chi connectivity index (χ1) is 9.74. The molecule has 0 bridgehead atoms. The lowest BCUT2D eigenvalue weighted by Gasteiger charge is -2.19. The number of aliphatic carboxylic acids is 1. The highest BCUT2D eigenvalue weighted by atomic mass is 19.2. The van der Waals surface area contributed by atoms with E-state index in [9.17, 15) is 18.0 Å². The van der Waals surface area contributed by atoms with Crippen LogP contribution in [0, 0.1) is 22.9 Å². The van der Waals surface area contributed by atoms with Crippen LogP contribution < -0.4 is 0 Å². The molecule has 0 saturated heterocycles. The number of aromatic nitrogens is 4. The molecular weight excluding hydrogens is 289 g/mol. The highest BCUT2D eigenvalue weighted by molar-refractivity contribution is 5.73. The van der Waals surface area contributed by atoms with Crippen molar-refractivity contribution in [1.82, 2.24) is 20.2 Å². The fourth-order valence-electron chi connectivity index (χ4n) is 1.64. The number of tetrazole rings is 1. The third-order valence-electron chi connectivity index (χ3n) is 2.93. The van der Waals surface area contributed by atoms with Gasteiger partial charge in [-0.2, -0.15) is 0 Å². The summed E-state index contributed by atoms with van der Waals surface area (Å²) < 4.78 is 41.0. The first-order valence-corrected chi connectivity index (χ1v) is 5.87. The normalized spacial score (nSPS) is 11.7. The third kappa shape index (κ3) is 2.71. The standard InChI is InChI=1S/C12H11F3N4O2/c1-12(2,11(20)21)5-19-10(16-17-18-19)6-3-4-7(13)9(15)8(6)14/h3-4H,5H2,1-2H3,(H,20,21). The maximum atomic E-state index is 13.8. The van der Waals surface area contributed by atoms with Gasteiger partial charge in [0.15, 0.2) is 23.3 Å². The van der Waals surface area contributed by atoms with E-state index in [0.717, 1.165) is 16.8 Å². The maximum Gasteiger partial charge on any atom is 0.310 e. The van der Waals surface area contributed by atoms with Gasteiger partial charge in [-0.15, -0.1) is 5.10 Å². The molecule has 0 aliphatic rings. The molecule has 9 heteroatoms. The second-order valence-electron chi connectivity index (χ2n) is 5.07. The van der Waals surface area contributed by atoms with Crippen molar-refractivity contribution in [2.75, 3.05) is 0 Å². The maximum absolute atomic E-state index is 13.8. The molecule has 112 valence electrons. The molecule has 1 aromatic heterocycles. The van der Waals surface area contributed by atoms with E-state index in [1.165, 1.54) is 13.8 Å². The molecule has 21 heavy (non-hydrogen) atoms. The van der Waals surface area contributed by atoms with Crippen molar-refractivity contribution in [3.8, 4) is 11.4 Å². The van der Waals surface area contributed by atoms with E-state index in [4.69, 9.17) is 5.11 Å². The van der Waals surface area contributed by atoms with Gasteiger partial charge < -0.3 is 5.11 Å². The first kappa shape index (κ1) is 14.9. The van der Waals surface area contributed by atoms with E-state index in [1.54, 1.807) is 0 Å². The largest absolute Gasteiger partial charge is 0.481 e. The Balaban J connectivity index is 2.47. The highest BCUT2D eigenvalue weighted by Crippen LogP contribution is 2.26.